The number of carbonyl (C=O) groups excluding carboxylic acids is 1. The Kier molecular flexibility index (Phi) is 5.55. The summed E-state index contributed by atoms with van der Waals surface area (Å²) in [6.07, 6.45) is 11.2. The van der Waals surface area contributed by atoms with Crippen molar-refractivity contribution in [1.82, 2.24) is 9.88 Å². The highest BCUT2D eigenvalue weighted by Crippen LogP contribution is 2.43. The molecule has 3 aliphatic rings. The van der Waals surface area contributed by atoms with Crippen LogP contribution in [0.4, 0.5) is 0 Å². The van der Waals surface area contributed by atoms with E-state index in [1.54, 1.807) is 6.20 Å². The third-order valence-electron chi connectivity index (χ3n) is 6.58. The van der Waals surface area contributed by atoms with E-state index in [4.69, 9.17) is 9.47 Å². The second-order valence-electron chi connectivity index (χ2n) is 8.05. The molecule has 5 heteroatoms. The molecule has 0 aromatic carbocycles. The smallest absolute Gasteiger partial charge is 0.225 e. The van der Waals surface area contributed by atoms with Crippen LogP contribution in [0.25, 0.3) is 0 Å². The number of ether oxygens (including phenoxy) is 2. The standard InChI is InChI=1S/C21H30N2O3/c24-20(18-4-1-5-18)23-11-8-21(9-12-23)19(7-14-26-21)6-13-25-16-17-3-2-10-22-15-17/h2-3,10,15,18-19H,1,4-9,11-14,16H2/t19-/m0/s1. The summed E-state index contributed by atoms with van der Waals surface area (Å²) >= 11 is 0. The van der Waals surface area contributed by atoms with Crippen LogP contribution in [-0.4, -0.2) is 47.7 Å². The molecule has 1 saturated carbocycles. The summed E-state index contributed by atoms with van der Waals surface area (Å²) in [5.41, 5.74) is 1.10. The molecular weight excluding hydrogens is 328 g/mol. The molecule has 4 rings (SSSR count). The minimum absolute atomic E-state index is 0.0198. The molecule has 3 heterocycles. The van der Waals surface area contributed by atoms with Crippen LogP contribution < -0.4 is 0 Å². The molecule has 1 atom stereocenters. The zero-order valence-electron chi connectivity index (χ0n) is 15.6. The Morgan fingerprint density at radius 3 is 2.85 bits per heavy atom. The predicted octanol–water partition coefficient (Wildman–Crippen LogP) is 3.19. The minimum Gasteiger partial charge on any atom is -0.377 e. The Morgan fingerprint density at radius 1 is 1.31 bits per heavy atom. The van der Waals surface area contributed by atoms with E-state index in [9.17, 15) is 4.79 Å². The molecule has 1 spiro atoms. The third-order valence-corrected chi connectivity index (χ3v) is 6.58. The lowest BCUT2D eigenvalue weighted by Gasteiger charge is -2.43. The summed E-state index contributed by atoms with van der Waals surface area (Å²) in [6, 6.07) is 3.99. The molecule has 1 aromatic heterocycles. The molecule has 2 saturated heterocycles. The fourth-order valence-corrected chi connectivity index (χ4v) is 4.66. The molecule has 0 N–H and O–H groups in total. The van der Waals surface area contributed by atoms with Crippen LogP contribution in [0.15, 0.2) is 24.5 Å². The van der Waals surface area contributed by atoms with Crippen LogP contribution in [0.5, 0.6) is 0 Å². The molecule has 142 valence electrons. The van der Waals surface area contributed by atoms with E-state index >= 15 is 0 Å². The van der Waals surface area contributed by atoms with Crippen molar-refractivity contribution in [2.75, 3.05) is 26.3 Å². The van der Waals surface area contributed by atoms with Crippen LogP contribution in [0.3, 0.4) is 0 Å². The Bertz CT molecular complexity index is 595. The Hall–Kier alpha value is -1.46. The third kappa shape index (κ3) is 3.79. The van der Waals surface area contributed by atoms with E-state index < -0.39 is 0 Å². The highest BCUT2D eigenvalue weighted by atomic mass is 16.5. The zero-order valence-corrected chi connectivity index (χ0v) is 15.6. The van der Waals surface area contributed by atoms with Gasteiger partial charge in [-0.15, -0.1) is 0 Å². The number of carbonyl (C=O) groups is 1. The van der Waals surface area contributed by atoms with Crippen LogP contribution in [0, 0.1) is 11.8 Å². The first-order valence-corrected chi connectivity index (χ1v) is 10.2. The second kappa shape index (κ2) is 8.05. The molecule has 0 radical (unpaired) electrons. The Labute approximate surface area is 156 Å². The van der Waals surface area contributed by atoms with Crippen molar-refractivity contribution in [3.8, 4) is 0 Å². The molecular formula is C21H30N2O3. The van der Waals surface area contributed by atoms with Gasteiger partial charge in [0.15, 0.2) is 0 Å². The number of hydrogen-bond donors (Lipinski definition) is 0. The summed E-state index contributed by atoms with van der Waals surface area (Å²) in [5.74, 6) is 1.25. The first kappa shape index (κ1) is 17.9. The monoisotopic (exact) mass is 358 g/mol. The Balaban J connectivity index is 1.23. The van der Waals surface area contributed by atoms with Gasteiger partial charge < -0.3 is 14.4 Å². The number of amides is 1. The molecule has 0 unspecified atom stereocenters. The molecule has 1 aliphatic carbocycles. The maximum absolute atomic E-state index is 12.5. The average Bonchev–Trinajstić information content (AvgIpc) is 3.01. The summed E-state index contributed by atoms with van der Waals surface area (Å²) in [7, 11) is 0. The average molecular weight is 358 g/mol. The van der Waals surface area contributed by atoms with Crippen LogP contribution in [0.1, 0.15) is 50.5 Å². The number of piperidine rings is 1. The van der Waals surface area contributed by atoms with Gasteiger partial charge in [-0.25, -0.2) is 0 Å². The quantitative estimate of drug-likeness (QED) is 0.733. The lowest BCUT2D eigenvalue weighted by atomic mass is 9.77. The van der Waals surface area contributed by atoms with Crippen LogP contribution in [0.2, 0.25) is 0 Å². The van der Waals surface area contributed by atoms with Crippen LogP contribution >= 0.6 is 0 Å². The number of hydrogen-bond acceptors (Lipinski definition) is 4. The Morgan fingerprint density at radius 2 is 2.15 bits per heavy atom. The largest absolute Gasteiger partial charge is 0.377 e. The van der Waals surface area contributed by atoms with Gasteiger partial charge in [0, 0.05) is 44.6 Å². The van der Waals surface area contributed by atoms with Gasteiger partial charge in [-0.1, -0.05) is 12.5 Å². The normalized spacial score (nSPS) is 25.4. The van der Waals surface area contributed by atoms with Gasteiger partial charge in [-0.05, 0) is 56.1 Å². The fraction of sp³-hybridized carbons (Fsp3) is 0.714. The SMILES string of the molecule is O=C(C1CCC1)N1CCC2(CC1)OCC[C@@H]2CCOCc1cccnc1. The van der Waals surface area contributed by atoms with Crippen molar-refractivity contribution in [1.29, 1.82) is 0 Å². The van der Waals surface area contributed by atoms with Crippen LogP contribution in [-0.2, 0) is 20.9 Å². The second-order valence-corrected chi connectivity index (χ2v) is 8.05. The summed E-state index contributed by atoms with van der Waals surface area (Å²) < 4.78 is 12.1. The minimum atomic E-state index is -0.0198. The topological polar surface area (TPSA) is 51.7 Å². The summed E-state index contributed by atoms with van der Waals surface area (Å²) in [4.78, 5) is 18.7. The van der Waals surface area contributed by atoms with Crippen molar-refractivity contribution in [2.24, 2.45) is 11.8 Å². The summed E-state index contributed by atoms with van der Waals surface area (Å²) in [5, 5.41) is 0. The maximum atomic E-state index is 12.5. The van der Waals surface area contributed by atoms with E-state index in [1.165, 1.54) is 6.42 Å². The maximum Gasteiger partial charge on any atom is 0.225 e. The highest BCUT2D eigenvalue weighted by Gasteiger charge is 2.47. The van der Waals surface area contributed by atoms with Gasteiger partial charge in [0.05, 0.1) is 12.2 Å². The van der Waals surface area contributed by atoms with Crippen molar-refractivity contribution >= 4 is 5.91 Å². The van der Waals surface area contributed by atoms with E-state index in [1.807, 2.05) is 18.3 Å². The number of likely N-dealkylation sites (tertiary alicyclic amines) is 1. The molecule has 0 bridgehead atoms. The van der Waals surface area contributed by atoms with Crippen molar-refractivity contribution in [3.63, 3.8) is 0 Å². The van der Waals surface area contributed by atoms with Crippen molar-refractivity contribution in [2.45, 2.75) is 57.2 Å². The molecule has 1 aromatic rings. The van der Waals surface area contributed by atoms with Gasteiger partial charge in [0.2, 0.25) is 5.91 Å². The summed E-state index contributed by atoms with van der Waals surface area (Å²) in [6.45, 7) is 3.96. The van der Waals surface area contributed by atoms with Gasteiger partial charge in [-0.3, -0.25) is 9.78 Å². The van der Waals surface area contributed by atoms with E-state index in [0.717, 1.165) is 70.4 Å². The van der Waals surface area contributed by atoms with Gasteiger partial charge in [-0.2, -0.15) is 0 Å². The van der Waals surface area contributed by atoms with Gasteiger partial charge >= 0.3 is 0 Å². The molecule has 5 nitrogen and oxygen atoms in total. The number of aromatic nitrogens is 1. The van der Waals surface area contributed by atoms with E-state index in [-0.39, 0.29) is 5.60 Å². The lowest BCUT2D eigenvalue weighted by Crippen LogP contribution is -2.51. The number of rotatable bonds is 6. The molecule has 2 aliphatic heterocycles. The first-order valence-electron chi connectivity index (χ1n) is 10.2. The predicted molar refractivity (Wildman–Crippen MR) is 98.5 cm³/mol. The van der Waals surface area contributed by atoms with Gasteiger partial charge in [0.25, 0.3) is 0 Å². The zero-order chi connectivity index (χ0) is 17.8. The van der Waals surface area contributed by atoms with Crippen molar-refractivity contribution < 1.29 is 14.3 Å². The molecule has 1 amide bonds. The fourth-order valence-electron chi connectivity index (χ4n) is 4.66. The van der Waals surface area contributed by atoms with E-state index in [2.05, 4.69) is 9.88 Å². The van der Waals surface area contributed by atoms with Crippen molar-refractivity contribution in [3.05, 3.63) is 30.1 Å². The number of pyridine rings is 1. The molecule has 26 heavy (non-hydrogen) atoms. The lowest BCUT2D eigenvalue weighted by molar-refractivity contribution is -0.144. The number of nitrogens with zero attached hydrogens (tertiary/aromatic N) is 2. The van der Waals surface area contributed by atoms with E-state index in [0.29, 0.717) is 24.3 Å². The first-order chi connectivity index (χ1) is 12.8. The highest BCUT2D eigenvalue weighted by molar-refractivity contribution is 5.79. The van der Waals surface area contributed by atoms with Gasteiger partial charge in [0.1, 0.15) is 0 Å². The molecule has 3 fully saturated rings.